The summed E-state index contributed by atoms with van der Waals surface area (Å²) >= 11 is 5.71. The van der Waals surface area contributed by atoms with E-state index in [4.69, 9.17) is 16.3 Å². The molecule has 0 heterocycles. The first kappa shape index (κ1) is 13.5. The van der Waals surface area contributed by atoms with Gasteiger partial charge in [-0.05, 0) is 31.2 Å². The Morgan fingerprint density at radius 2 is 1.88 bits per heavy atom. The third-order valence-corrected chi connectivity index (χ3v) is 2.21. The third kappa shape index (κ3) is 4.44. The normalized spacial score (nSPS) is 11.7. The maximum atomic E-state index is 11.4. The molecular formula is C12H13ClO4. The monoisotopic (exact) mass is 256 g/mol. The van der Waals surface area contributed by atoms with Gasteiger partial charge in [-0.15, -0.1) is 0 Å². The van der Waals surface area contributed by atoms with Gasteiger partial charge in [0.1, 0.15) is 5.75 Å². The third-order valence-electron chi connectivity index (χ3n) is 1.96. The Morgan fingerprint density at radius 3 is 2.41 bits per heavy atom. The summed E-state index contributed by atoms with van der Waals surface area (Å²) in [4.78, 5) is 22.3. The first-order valence-electron chi connectivity index (χ1n) is 5.19. The molecule has 0 bridgehead atoms. The molecule has 0 saturated heterocycles. The highest BCUT2D eigenvalue weighted by molar-refractivity contribution is 6.30. The van der Waals surface area contributed by atoms with Crippen LogP contribution in [0.5, 0.6) is 5.75 Å². The molecule has 0 aliphatic heterocycles. The minimum Gasteiger partial charge on any atom is -0.479 e. The fourth-order valence-electron chi connectivity index (χ4n) is 1.03. The highest BCUT2D eigenvalue weighted by atomic mass is 35.5. The second-order valence-electron chi connectivity index (χ2n) is 3.36. The highest BCUT2D eigenvalue weighted by Crippen LogP contribution is 2.17. The molecule has 92 valence electrons. The highest BCUT2D eigenvalue weighted by Gasteiger charge is 2.19. The van der Waals surface area contributed by atoms with Crippen molar-refractivity contribution in [2.24, 2.45) is 0 Å². The van der Waals surface area contributed by atoms with E-state index < -0.39 is 18.0 Å². The fourth-order valence-corrected chi connectivity index (χ4v) is 1.16. The van der Waals surface area contributed by atoms with Crippen LogP contribution in [0.3, 0.4) is 0 Å². The smallest absolute Gasteiger partial charge is 0.354 e. The first-order chi connectivity index (χ1) is 8.02. The van der Waals surface area contributed by atoms with Gasteiger partial charge in [0, 0.05) is 11.4 Å². The molecule has 0 amide bonds. The summed E-state index contributed by atoms with van der Waals surface area (Å²) in [6.07, 6.45) is -0.689. The predicted molar refractivity (Wildman–Crippen MR) is 62.9 cm³/mol. The lowest BCUT2D eigenvalue weighted by molar-refractivity contribution is -0.164. The Hall–Kier alpha value is -1.55. The van der Waals surface area contributed by atoms with Gasteiger partial charge in [-0.1, -0.05) is 18.5 Å². The van der Waals surface area contributed by atoms with Gasteiger partial charge in [-0.25, -0.2) is 4.79 Å². The number of benzene rings is 1. The largest absolute Gasteiger partial charge is 0.479 e. The van der Waals surface area contributed by atoms with Crippen LogP contribution in [0.25, 0.3) is 0 Å². The molecule has 1 aromatic carbocycles. The standard InChI is InChI=1S/C12H13ClO4/c1-3-11(14)17-12(15)8(2)16-10-6-4-9(13)5-7-10/h4-8H,3H2,1-2H3. The minimum absolute atomic E-state index is 0.152. The van der Waals surface area contributed by atoms with Crippen molar-refractivity contribution in [1.29, 1.82) is 0 Å². The van der Waals surface area contributed by atoms with Gasteiger partial charge in [-0.2, -0.15) is 0 Å². The Balaban J connectivity index is 2.54. The summed E-state index contributed by atoms with van der Waals surface area (Å²) in [5.74, 6) is -0.781. The molecule has 0 aliphatic carbocycles. The van der Waals surface area contributed by atoms with Gasteiger partial charge in [-0.3, -0.25) is 4.79 Å². The minimum atomic E-state index is -0.841. The van der Waals surface area contributed by atoms with Crippen molar-refractivity contribution < 1.29 is 19.1 Å². The van der Waals surface area contributed by atoms with E-state index in [0.29, 0.717) is 10.8 Å². The number of esters is 2. The molecule has 0 N–H and O–H groups in total. The van der Waals surface area contributed by atoms with Crippen molar-refractivity contribution in [2.45, 2.75) is 26.4 Å². The summed E-state index contributed by atoms with van der Waals surface area (Å²) in [5.41, 5.74) is 0. The zero-order chi connectivity index (χ0) is 12.8. The number of hydrogen-bond donors (Lipinski definition) is 0. The lowest BCUT2D eigenvalue weighted by atomic mass is 10.3. The van der Waals surface area contributed by atoms with Gasteiger partial charge < -0.3 is 9.47 Å². The summed E-state index contributed by atoms with van der Waals surface area (Å²) in [7, 11) is 0. The molecule has 1 rings (SSSR count). The van der Waals surface area contributed by atoms with Crippen molar-refractivity contribution in [2.75, 3.05) is 0 Å². The zero-order valence-electron chi connectivity index (χ0n) is 9.60. The molecule has 0 saturated carbocycles. The predicted octanol–water partition coefficient (Wildman–Crippen LogP) is 2.59. The van der Waals surface area contributed by atoms with Gasteiger partial charge in [0.25, 0.3) is 0 Å². The number of halogens is 1. The maximum absolute atomic E-state index is 11.4. The Morgan fingerprint density at radius 1 is 1.29 bits per heavy atom. The van der Waals surface area contributed by atoms with E-state index in [-0.39, 0.29) is 6.42 Å². The average molecular weight is 257 g/mol. The van der Waals surface area contributed by atoms with E-state index in [1.165, 1.54) is 6.92 Å². The molecule has 4 nitrogen and oxygen atoms in total. The van der Waals surface area contributed by atoms with E-state index in [1.54, 1.807) is 31.2 Å². The Labute approximate surface area is 104 Å². The van der Waals surface area contributed by atoms with Crippen molar-refractivity contribution in [3.05, 3.63) is 29.3 Å². The molecule has 5 heteroatoms. The summed E-state index contributed by atoms with van der Waals surface area (Å²) in [5, 5.41) is 0.578. The van der Waals surface area contributed by atoms with Crippen molar-refractivity contribution in [1.82, 2.24) is 0 Å². The maximum Gasteiger partial charge on any atom is 0.354 e. The number of carbonyl (C=O) groups is 2. The fraction of sp³-hybridized carbons (Fsp3) is 0.333. The summed E-state index contributed by atoms with van der Waals surface area (Å²) in [6.45, 7) is 3.13. The Kier molecular flexibility index (Phi) is 4.97. The number of hydrogen-bond acceptors (Lipinski definition) is 4. The molecule has 1 aromatic rings. The molecule has 1 atom stereocenters. The van der Waals surface area contributed by atoms with Crippen LogP contribution < -0.4 is 4.74 Å². The molecule has 0 aliphatic rings. The molecule has 17 heavy (non-hydrogen) atoms. The summed E-state index contributed by atoms with van der Waals surface area (Å²) < 4.78 is 9.82. The molecule has 0 fully saturated rings. The Bertz CT molecular complexity index is 399. The number of carbonyl (C=O) groups excluding carboxylic acids is 2. The van der Waals surface area contributed by atoms with Gasteiger partial charge in [0.15, 0.2) is 6.10 Å². The second kappa shape index (κ2) is 6.25. The van der Waals surface area contributed by atoms with E-state index in [1.807, 2.05) is 0 Å². The van der Waals surface area contributed by atoms with Crippen LogP contribution in [0.1, 0.15) is 20.3 Å². The van der Waals surface area contributed by atoms with E-state index in [9.17, 15) is 9.59 Å². The van der Waals surface area contributed by atoms with Gasteiger partial charge in [0.2, 0.25) is 0 Å². The van der Waals surface area contributed by atoms with Crippen LogP contribution in [0, 0.1) is 0 Å². The molecule has 0 aromatic heterocycles. The van der Waals surface area contributed by atoms with Crippen LogP contribution in [-0.2, 0) is 14.3 Å². The van der Waals surface area contributed by atoms with Crippen LogP contribution in [0.15, 0.2) is 24.3 Å². The van der Waals surface area contributed by atoms with E-state index in [2.05, 4.69) is 4.74 Å². The number of ether oxygens (including phenoxy) is 2. The van der Waals surface area contributed by atoms with Crippen molar-refractivity contribution >= 4 is 23.5 Å². The molecular weight excluding hydrogens is 244 g/mol. The van der Waals surface area contributed by atoms with Crippen LogP contribution in [0.2, 0.25) is 5.02 Å². The van der Waals surface area contributed by atoms with Crippen LogP contribution in [0.4, 0.5) is 0 Å². The number of rotatable bonds is 4. The summed E-state index contributed by atoms with van der Waals surface area (Å²) in [6, 6.07) is 6.56. The van der Waals surface area contributed by atoms with E-state index >= 15 is 0 Å². The van der Waals surface area contributed by atoms with Crippen LogP contribution in [-0.4, -0.2) is 18.0 Å². The lowest BCUT2D eigenvalue weighted by Crippen LogP contribution is -2.28. The zero-order valence-corrected chi connectivity index (χ0v) is 10.4. The van der Waals surface area contributed by atoms with Gasteiger partial charge in [0.05, 0.1) is 0 Å². The average Bonchev–Trinajstić information content (AvgIpc) is 2.31. The molecule has 0 radical (unpaired) electrons. The second-order valence-corrected chi connectivity index (χ2v) is 3.80. The molecule has 1 unspecified atom stereocenters. The topological polar surface area (TPSA) is 52.6 Å². The quantitative estimate of drug-likeness (QED) is 0.614. The first-order valence-corrected chi connectivity index (χ1v) is 5.57. The van der Waals surface area contributed by atoms with Crippen molar-refractivity contribution in [3.8, 4) is 5.75 Å². The SMILES string of the molecule is CCC(=O)OC(=O)C(C)Oc1ccc(Cl)cc1. The molecule has 0 spiro atoms. The van der Waals surface area contributed by atoms with Crippen LogP contribution >= 0.6 is 11.6 Å². The van der Waals surface area contributed by atoms with E-state index in [0.717, 1.165) is 0 Å². The van der Waals surface area contributed by atoms with Gasteiger partial charge >= 0.3 is 11.9 Å². The lowest BCUT2D eigenvalue weighted by Gasteiger charge is -2.12. The van der Waals surface area contributed by atoms with Crippen molar-refractivity contribution in [3.63, 3.8) is 0 Å².